The largest absolute Gasteiger partial charge is 0.459 e. The molecule has 2 rings (SSSR count). The van der Waals surface area contributed by atoms with Crippen molar-refractivity contribution >= 4 is 53.6 Å². The van der Waals surface area contributed by atoms with Gasteiger partial charge in [0.25, 0.3) is 0 Å². The lowest BCUT2D eigenvalue weighted by Gasteiger charge is -2.25. The molecule has 0 amide bonds. The van der Waals surface area contributed by atoms with Gasteiger partial charge in [0.15, 0.2) is 0 Å². The van der Waals surface area contributed by atoms with E-state index in [-0.39, 0.29) is 21.3 Å². The summed E-state index contributed by atoms with van der Waals surface area (Å²) in [5.41, 5.74) is 0.0288. The second-order valence-electron chi connectivity index (χ2n) is 11.6. The minimum Gasteiger partial charge on any atom is -0.459 e. The molecule has 0 saturated carbocycles. The van der Waals surface area contributed by atoms with Crippen molar-refractivity contribution in [2.24, 2.45) is 0 Å². The van der Waals surface area contributed by atoms with Crippen LogP contribution in [-0.4, -0.2) is 63.6 Å². The molecule has 0 spiro atoms. The summed E-state index contributed by atoms with van der Waals surface area (Å²) in [4.78, 5) is 25.9. The third-order valence-corrected chi connectivity index (χ3v) is 10.6. The Morgan fingerprint density at radius 3 is 1.19 bits per heavy atom. The molecule has 0 aliphatic carbocycles. The lowest BCUT2D eigenvalue weighted by molar-refractivity contribution is -0.157. The fourth-order valence-corrected chi connectivity index (χ4v) is 8.10. The number of ether oxygens (including phenoxy) is 2. The number of carbonyl (C=O) groups is 2. The Labute approximate surface area is 257 Å². The molecule has 0 unspecified atom stereocenters. The van der Waals surface area contributed by atoms with Crippen molar-refractivity contribution in [3.05, 3.63) is 59.7 Å². The SMILES string of the molecule is Cc1ccc(S(=O)(=O)N[C@@H](CSSC[C@@H](NS(=O)(=O)c2ccc(C)cc2)C(=O)OC(C)(C)C)C(=O)OC(C)(C)C)cc1. The van der Waals surface area contributed by atoms with E-state index in [4.69, 9.17) is 9.47 Å². The van der Waals surface area contributed by atoms with Gasteiger partial charge in [0.2, 0.25) is 20.0 Å². The number of benzene rings is 2. The van der Waals surface area contributed by atoms with Crippen molar-refractivity contribution < 1.29 is 35.9 Å². The Kier molecular flexibility index (Phi) is 12.5. The van der Waals surface area contributed by atoms with E-state index in [1.807, 2.05) is 13.8 Å². The quantitative estimate of drug-likeness (QED) is 0.181. The van der Waals surface area contributed by atoms with Crippen LogP contribution in [0.1, 0.15) is 52.7 Å². The first-order chi connectivity index (χ1) is 19.2. The highest BCUT2D eigenvalue weighted by Gasteiger charge is 2.32. The molecule has 0 aromatic heterocycles. The Morgan fingerprint density at radius 1 is 0.643 bits per heavy atom. The van der Waals surface area contributed by atoms with Crippen LogP contribution < -0.4 is 9.44 Å². The topological polar surface area (TPSA) is 145 Å². The average Bonchev–Trinajstić information content (AvgIpc) is 2.83. The van der Waals surface area contributed by atoms with Crippen molar-refractivity contribution in [3.63, 3.8) is 0 Å². The Hall–Kier alpha value is -2.10. The molecule has 42 heavy (non-hydrogen) atoms. The molecule has 10 nitrogen and oxygen atoms in total. The van der Waals surface area contributed by atoms with E-state index < -0.39 is 55.3 Å². The predicted octanol–water partition coefficient (Wildman–Crippen LogP) is 4.36. The van der Waals surface area contributed by atoms with Crippen LogP contribution >= 0.6 is 21.6 Å². The van der Waals surface area contributed by atoms with E-state index in [1.54, 1.807) is 65.8 Å². The molecule has 0 radical (unpaired) electrons. The van der Waals surface area contributed by atoms with Gasteiger partial charge in [-0.2, -0.15) is 9.44 Å². The molecule has 2 atom stereocenters. The number of esters is 2. The highest BCUT2D eigenvalue weighted by Crippen LogP contribution is 2.26. The Balaban J connectivity index is 2.19. The van der Waals surface area contributed by atoms with Gasteiger partial charge in [-0.3, -0.25) is 9.59 Å². The minimum atomic E-state index is -4.06. The normalized spacial score (nSPS) is 14.2. The van der Waals surface area contributed by atoms with Gasteiger partial charge in [-0.15, -0.1) is 0 Å². The van der Waals surface area contributed by atoms with Gasteiger partial charge in [-0.05, 0) is 79.7 Å². The summed E-state index contributed by atoms with van der Waals surface area (Å²) in [5.74, 6) is -1.66. The van der Waals surface area contributed by atoms with E-state index in [2.05, 4.69) is 9.44 Å². The molecule has 14 heteroatoms. The number of hydrogen-bond acceptors (Lipinski definition) is 10. The van der Waals surface area contributed by atoms with Gasteiger partial charge in [0.1, 0.15) is 23.3 Å². The van der Waals surface area contributed by atoms with E-state index >= 15 is 0 Å². The first-order valence-corrected chi connectivity index (χ1v) is 18.5. The van der Waals surface area contributed by atoms with Crippen LogP contribution in [-0.2, 0) is 39.1 Å². The van der Waals surface area contributed by atoms with Crippen molar-refractivity contribution in [1.82, 2.24) is 9.44 Å². The number of nitrogens with one attached hydrogen (secondary N) is 2. The van der Waals surface area contributed by atoms with E-state index in [9.17, 15) is 26.4 Å². The molecule has 234 valence electrons. The standard InChI is InChI=1S/C28H40N2O8S4/c1-19-9-13-21(14-10-19)41(33,34)29-23(25(31)37-27(3,4)5)17-39-40-18-24(26(32)38-28(6,7)8)30-42(35,36)22-15-11-20(2)12-16-22/h9-16,23-24,29-30H,17-18H2,1-8H3/t23-,24+. The third-order valence-electron chi connectivity index (χ3n) is 5.19. The number of hydrogen-bond donors (Lipinski definition) is 2. The molecule has 0 saturated heterocycles. The summed E-state index contributed by atoms with van der Waals surface area (Å²) in [6.45, 7) is 13.7. The van der Waals surface area contributed by atoms with Crippen LogP contribution in [0.25, 0.3) is 0 Å². The molecule has 0 aliphatic heterocycles. The van der Waals surface area contributed by atoms with E-state index in [0.717, 1.165) is 32.7 Å². The monoisotopic (exact) mass is 660 g/mol. The third kappa shape index (κ3) is 12.3. The van der Waals surface area contributed by atoms with Gasteiger partial charge in [0.05, 0.1) is 9.79 Å². The lowest BCUT2D eigenvalue weighted by Crippen LogP contribution is -2.46. The maximum Gasteiger partial charge on any atom is 0.325 e. The van der Waals surface area contributed by atoms with Crippen molar-refractivity contribution in [2.45, 2.75) is 88.5 Å². The zero-order valence-electron chi connectivity index (χ0n) is 25.1. The first-order valence-electron chi connectivity index (χ1n) is 13.1. The smallest absolute Gasteiger partial charge is 0.325 e. The second-order valence-corrected chi connectivity index (χ2v) is 17.6. The van der Waals surface area contributed by atoms with Gasteiger partial charge >= 0.3 is 11.9 Å². The van der Waals surface area contributed by atoms with Gasteiger partial charge in [0, 0.05) is 11.5 Å². The Bertz CT molecular complexity index is 1320. The molecule has 0 bridgehead atoms. The zero-order valence-corrected chi connectivity index (χ0v) is 28.4. The van der Waals surface area contributed by atoms with Crippen LogP contribution in [0.4, 0.5) is 0 Å². The highest BCUT2D eigenvalue weighted by atomic mass is 33.1. The van der Waals surface area contributed by atoms with Crippen LogP contribution in [0.15, 0.2) is 58.3 Å². The molecule has 0 fully saturated rings. The zero-order chi connectivity index (χ0) is 31.9. The average molecular weight is 661 g/mol. The first kappa shape index (κ1) is 36.1. The fraction of sp³-hybridized carbons (Fsp3) is 0.500. The maximum atomic E-state index is 13.0. The molecule has 2 aromatic rings. The van der Waals surface area contributed by atoms with Gasteiger partial charge in [-0.25, -0.2) is 16.8 Å². The van der Waals surface area contributed by atoms with Crippen LogP contribution in [0.3, 0.4) is 0 Å². The molecule has 2 N–H and O–H groups in total. The van der Waals surface area contributed by atoms with Crippen molar-refractivity contribution in [2.75, 3.05) is 11.5 Å². The lowest BCUT2D eigenvalue weighted by atomic mass is 10.2. The minimum absolute atomic E-state index is 0.00480. The predicted molar refractivity (Wildman–Crippen MR) is 167 cm³/mol. The van der Waals surface area contributed by atoms with E-state index in [1.165, 1.54) is 24.3 Å². The maximum absolute atomic E-state index is 13.0. The van der Waals surface area contributed by atoms with Gasteiger partial charge in [-0.1, -0.05) is 57.0 Å². The molecule has 0 heterocycles. The fourth-order valence-electron chi connectivity index (χ4n) is 3.22. The molecule has 0 aliphatic rings. The molecule has 2 aromatic carbocycles. The Morgan fingerprint density at radius 2 is 0.929 bits per heavy atom. The molecular weight excluding hydrogens is 621 g/mol. The van der Waals surface area contributed by atoms with Crippen molar-refractivity contribution in [3.8, 4) is 0 Å². The summed E-state index contributed by atoms with van der Waals surface area (Å²) in [6.07, 6.45) is 0. The van der Waals surface area contributed by atoms with Gasteiger partial charge < -0.3 is 9.47 Å². The summed E-state index contributed by atoms with van der Waals surface area (Å²) >= 11 is 0. The summed E-state index contributed by atoms with van der Waals surface area (Å²) in [6, 6.07) is 9.86. The molecular formula is C28H40N2O8S4. The van der Waals surface area contributed by atoms with E-state index in [0.29, 0.717) is 0 Å². The number of aryl methyl sites for hydroxylation is 2. The highest BCUT2D eigenvalue weighted by molar-refractivity contribution is 8.76. The summed E-state index contributed by atoms with van der Waals surface area (Å²) < 4.78 is 67.8. The number of rotatable bonds is 13. The van der Waals surface area contributed by atoms with Crippen LogP contribution in [0.5, 0.6) is 0 Å². The summed E-state index contributed by atoms with van der Waals surface area (Å²) in [7, 11) is -5.95. The number of carbonyl (C=O) groups excluding carboxylic acids is 2. The van der Waals surface area contributed by atoms with Crippen LogP contribution in [0, 0.1) is 13.8 Å². The number of sulfonamides is 2. The van der Waals surface area contributed by atoms with Crippen molar-refractivity contribution in [1.29, 1.82) is 0 Å². The summed E-state index contributed by atoms with van der Waals surface area (Å²) in [5, 5.41) is 0. The second kappa shape index (κ2) is 14.6. The van der Waals surface area contributed by atoms with Crippen LogP contribution in [0.2, 0.25) is 0 Å².